The highest BCUT2D eigenvalue weighted by molar-refractivity contribution is 5.94. The van der Waals surface area contributed by atoms with Crippen LogP contribution in [0.4, 0.5) is 0 Å². The van der Waals surface area contributed by atoms with Gasteiger partial charge in [-0.25, -0.2) is 9.67 Å². The SMILES string of the molecule is O=C(NC1CCCC1)c1ccc(C2CCN(C(=O)Cn3cncn3)CC2)nc1. The summed E-state index contributed by atoms with van der Waals surface area (Å²) in [7, 11) is 0. The van der Waals surface area contributed by atoms with E-state index < -0.39 is 0 Å². The van der Waals surface area contributed by atoms with E-state index in [1.165, 1.54) is 19.2 Å². The maximum Gasteiger partial charge on any atom is 0.253 e. The van der Waals surface area contributed by atoms with Gasteiger partial charge >= 0.3 is 0 Å². The molecule has 2 aromatic rings. The summed E-state index contributed by atoms with van der Waals surface area (Å²) in [5.41, 5.74) is 1.62. The number of carbonyl (C=O) groups is 2. The zero-order chi connectivity index (χ0) is 19.3. The molecule has 2 aromatic heterocycles. The molecule has 2 aliphatic rings. The van der Waals surface area contributed by atoms with Crippen molar-refractivity contribution < 1.29 is 9.59 Å². The van der Waals surface area contributed by atoms with Crippen LogP contribution in [0.15, 0.2) is 31.0 Å². The fraction of sp³-hybridized carbons (Fsp3) is 0.550. The highest BCUT2D eigenvalue weighted by Crippen LogP contribution is 2.27. The topological polar surface area (TPSA) is 93.0 Å². The third-order valence-corrected chi connectivity index (χ3v) is 5.77. The third-order valence-electron chi connectivity index (χ3n) is 5.77. The van der Waals surface area contributed by atoms with Crippen molar-refractivity contribution in [2.24, 2.45) is 0 Å². The average molecular weight is 382 g/mol. The van der Waals surface area contributed by atoms with Crippen LogP contribution >= 0.6 is 0 Å². The summed E-state index contributed by atoms with van der Waals surface area (Å²) < 4.78 is 1.55. The fourth-order valence-electron chi connectivity index (χ4n) is 4.10. The van der Waals surface area contributed by atoms with E-state index in [-0.39, 0.29) is 18.4 Å². The summed E-state index contributed by atoms with van der Waals surface area (Å²) in [4.78, 5) is 35.0. The Morgan fingerprint density at radius 2 is 1.89 bits per heavy atom. The highest BCUT2D eigenvalue weighted by Gasteiger charge is 2.25. The third kappa shape index (κ3) is 4.37. The summed E-state index contributed by atoms with van der Waals surface area (Å²) in [6.07, 6.45) is 11.0. The second-order valence-corrected chi connectivity index (χ2v) is 7.67. The van der Waals surface area contributed by atoms with Crippen molar-refractivity contribution in [3.8, 4) is 0 Å². The van der Waals surface area contributed by atoms with Crippen LogP contribution in [-0.2, 0) is 11.3 Å². The normalized spacial score (nSPS) is 18.4. The Morgan fingerprint density at radius 1 is 1.11 bits per heavy atom. The van der Waals surface area contributed by atoms with Crippen LogP contribution in [0.5, 0.6) is 0 Å². The maximum absolute atomic E-state index is 12.3. The molecule has 1 saturated heterocycles. The van der Waals surface area contributed by atoms with E-state index in [9.17, 15) is 9.59 Å². The van der Waals surface area contributed by atoms with Gasteiger partial charge in [-0.05, 0) is 37.8 Å². The molecule has 28 heavy (non-hydrogen) atoms. The van der Waals surface area contributed by atoms with Crippen molar-refractivity contribution in [1.29, 1.82) is 0 Å². The number of rotatable bonds is 5. The maximum atomic E-state index is 12.3. The summed E-state index contributed by atoms with van der Waals surface area (Å²) >= 11 is 0. The quantitative estimate of drug-likeness (QED) is 0.850. The van der Waals surface area contributed by atoms with Crippen LogP contribution in [-0.4, -0.2) is 55.6 Å². The first kappa shape index (κ1) is 18.6. The molecule has 0 radical (unpaired) electrons. The molecule has 8 nitrogen and oxygen atoms in total. The lowest BCUT2D eigenvalue weighted by Gasteiger charge is -2.31. The molecule has 0 spiro atoms. The molecule has 2 amide bonds. The molecule has 8 heteroatoms. The molecule has 1 N–H and O–H groups in total. The lowest BCUT2D eigenvalue weighted by molar-refractivity contribution is -0.133. The lowest BCUT2D eigenvalue weighted by Crippen LogP contribution is -2.40. The molecule has 1 aliphatic carbocycles. The zero-order valence-corrected chi connectivity index (χ0v) is 16.0. The monoisotopic (exact) mass is 382 g/mol. The first-order valence-electron chi connectivity index (χ1n) is 10.1. The first-order chi connectivity index (χ1) is 13.7. The standard InChI is InChI=1S/C20H26N6O2/c27-19(12-26-14-21-13-23-26)25-9-7-15(8-10-25)18-6-5-16(11-22-18)20(28)24-17-3-1-2-4-17/h5-6,11,13-15,17H,1-4,7-10,12H2,(H,24,28). The molecule has 0 aromatic carbocycles. The van der Waals surface area contributed by atoms with Gasteiger partial charge < -0.3 is 10.2 Å². The molecule has 148 valence electrons. The molecule has 2 fully saturated rings. The number of hydrogen-bond acceptors (Lipinski definition) is 5. The van der Waals surface area contributed by atoms with Gasteiger partial charge in [0.2, 0.25) is 5.91 Å². The van der Waals surface area contributed by atoms with Crippen molar-refractivity contribution in [2.75, 3.05) is 13.1 Å². The Labute approximate surface area is 164 Å². The molecule has 1 aliphatic heterocycles. The van der Waals surface area contributed by atoms with Gasteiger partial charge in [-0.1, -0.05) is 12.8 Å². The minimum atomic E-state index is -0.0283. The molecular weight excluding hydrogens is 356 g/mol. The summed E-state index contributed by atoms with van der Waals surface area (Å²) in [5.74, 6) is 0.359. The van der Waals surface area contributed by atoms with Gasteiger partial charge in [0.25, 0.3) is 5.91 Å². The van der Waals surface area contributed by atoms with Gasteiger partial charge in [0, 0.05) is 36.9 Å². The molecule has 0 bridgehead atoms. The summed E-state index contributed by atoms with van der Waals surface area (Å²) in [6, 6.07) is 4.14. The largest absolute Gasteiger partial charge is 0.349 e. The van der Waals surface area contributed by atoms with Gasteiger partial charge in [0.05, 0.1) is 5.56 Å². The number of pyridine rings is 1. The number of piperidine rings is 1. The van der Waals surface area contributed by atoms with E-state index in [4.69, 9.17) is 0 Å². The number of nitrogens with zero attached hydrogens (tertiary/aromatic N) is 5. The second kappa shape index (κ2) is 8.50. The van der Waals surface area contributed by atoms with Crippen molar-refractivity contribution in [2.45, 2.75) is 57.0 Å². The Kier molecular flexibility index (Phi) is 5.64. The Balaban J connectivity index is 1.28. The second-order valence-electron chi connectivity index (χ2n) is 7.67. The summed E-state index contributed by atoms with van der Waals surface area (Å²) in [6.45, 7) is 1.65. The predicted molar refractivity (Wildman–Crippen MR) is 103 cm³/mol. The molecule has 4 rings (SSSR count). The zero-order valence-electron chi connectivity index (χ0n) is 16.0. The lowest BCUT2D eigenvalue weighted by atomic mass is 9.92. The summed E-state index contributed by atoms with van der Waals surface area (Å²) in [5, 5.41) is 7.08. The minimum Gasteiger partial charge on any atom is -0.349 e. The average Bonchev–Trinajstić information content (AvgIpc) is 3.42. The smallest absolute Gasteiger partial charge is 0.253 e. The van der Waals surface area contributed by atoms with E-state index in [1.807, 2.05) is 17.0 Å². The van der Waals surface area contributed by atoms with Crippen molar-refractivity contribution >= 4 is 11.8 Å². The molecular formula is C20H26N6O2. The van der Waals surface area contributed by atoms with E-state index >= 15 is 0 Å². The molecule has 1 saturated carbocycles. The van der Waals surface area contributed by atoms with Crippen LogP contribution in [0, 0.1) is 0 Å². The molecule has 0 unspecified atom stereocenters. The highest BCUT2D eigenvalue weighted by atomic mass is 16.2. The van der Waals surface area contributed by atoms with Crippen LogP contribution < -0.4 is 5.32 Å². The van der Waals surface area contributed by atoms with E-state index in [2.05, 4.69) is 20.4 Å². The van der Waals surface area contributed by atoms with Crippen molar-refractivity contribution in [1.82, 2.24) is 30.0 Å². The van der Waals surface area contributed by atoms with Crippen molar-refractivity contribution in [3.05, 3.63) is 42.2 Å². The fourth-order valence-corrected chi connectivity index (χ4v) is 4.10. The van der Waals surface area contributed by atoms with Crippen LogP contribution in [0.25, 0.3) is 0 Å². The predicted octanol–water partition coefficient (Wildman–Crippen LogP) is 1.75. The van der Waals surface area contributed by atoms with Gasteiger partial charge in [-0.3, -0.25) is 14.6 Å². The number of likely N-dealkylation sites (tertiary alicyclic amines) is 1. The molecule has 0 atom stereocenters. The number of carbonyl (C=O) groups excluding carboxylic acids is 2. The van der Waals surface area contributed by atoms with Gasteiger partial charge in [0.15, 0.2) is 0 Å². The number of hydrogen-bond donors (Lipinski definition) is 1. The Morgan fingerprint density at radius 3 is 2.54 bits per heavy atom. The first-order valence-corrected chi connectivity index (χ1v) is 10.1. The van der Waals surface area contributed by atoms with Gasteiger partial charge in [0.1, 0.15) is 19.2 Å². The van der Waals surface area contributed by atoms with Gasteiger partial charge in [-0.2, -0.15) is 5.10 Å². The number of aromatic nitrogens is 4. The van der Waals surface area contributed by atoms with E-state index in [1.54, 1.807) is 17.2 Å². The van der Waals surface area contributed by atoms with Crippen LogP contribution in [0.1, 0.15) is 60.5 Å². The van der Waals surface area contributed by atoms with Gasteiger partial charge in [-0.15, -0.1) is 0 Å². The number of nitrogens with one attached hydrogen (secondary N) is 1. The van der Waals surface area contributed by atoms with Crippen LogP contribution in [0.2, 0.25) is 0 Å². The number of amides is 2. The Bertz CT molecular complexity index is 791. The minimum absolute atomic E-state index is 0.0283. The molecule has 3 heterocycles. The van der Waals surface area contributed by atoms with E-state index in [0.717, 1.165) is 31.4 Å². The van der Waals surface area contributed by atoms with E-state index in [0.29, 0.717) is 30.6 Å². The van der Waals surface area contributed by atoms with Crippen LogP contribution in [0.3, 0.4) is 0 Å². The Hall–Kier alpha value is -2.77. The van der Waals surface area contributed by atoms with Crippen molar-refractivity contribution in [3.63, 3.8) is 0 Å².